The minimum Gasteiger partial charge on any atom is -0.294 e. The van der Waals surface area contributed by atoms with Crippen LogP contribution >= 0.6 is 0 Å². The minimum atomic E-state index is -2.94. The highest BCUT2D eigenvalue weighted by Gasteiger charge is 2.26. The molecule has 16 heavy (non-hydrogen) atoms. The highest BCUT2D eigenvalue weighted by atomic mass is 32.2. The summed E-state index contributed by atoms with van der Waals surface area (Å²) in [4.78, 5) is 11.1. The molecule has 6 heteroatoms. The molecule has 1 fully saturated rings. The Balaban J connectivity index is 2.20. The monoisotopic (exact) mass is 242 g/mol. The summed E-state index contributed by atoms with van der Waals surface area (Å²) in [5, 5.41) is 4.06. The molecule has 0 N–H and O–H groups in total. The first-order valence-corrected chi connectivity index (χ1v) is 7.05. The van der Waals surface area contributed by atoms with Gasteiger partial charge in [0.05, 0.1) is 29.3 Å². The molecule has 1 unspecified atom stereocenters. The van der Waals surface area contributed by atoms with Gasteiger partial charge >= 0.3 is 0 Å². The van der Waals surface area contributed by atoms with Crippen LogP contribution in [0.2, 0.25) is 0 Å². The van der Waals surface area contributed by atoms with Gasteiger partial charge in [-0.25, -0.2) is 8.42 Å². The Hall–Kier alpha value is -1.17. The van der Waals surface area contributed by atoms with E-state index in [9.17, 15) is 13.2 Å². The molecule has 0 aliphatic carbocycles. The summed E-state index contributed by atoms with van der Waals surface area (Å²) < 4.78 is 24.5. The van der Waals surface area contributed by atoms with Crippen LogP contribution < -0.4 is 0 Å². The van der Waals surface area contributed by atoms with E-state index in [1.165, 1.54) is 13.1 Å². The number of carbonyl (C=O) groups is 1. The van der Waals surface area contributed by atoms with Crippen LogP contribution in [-0.2, 0) is 9.84 Å². The third-order valence-corrected chi connectivity index (χ3v) is 4.62. The number of hydrogen-bond donors (Lipinski definition) is 0. The lowest BCUT2D eigenvalue weighted by atomic mass is 10.2. The summed E-state index contributed by atoms with van der Waals surface area (Å²) in [5.41, 5.74) is 0.531. The minimum absolute atomic E-state index is 0.0510. The fourth-order valence-electron chi connectivity index (χ4n) is 1.93. The van der Waals surface area contributed by atoms with Gasteiger partial charge in [-0.2, -0.15) is 5.10 Å². The van der Waals surface area contributed by atoms with Gasteiger partial charge in [0.1, 0.15) is 0 Å². The molecule has 1 aromatic rings. The van der Waals surface area contributed by atoms with Crippen LogP contribution in [0.5, 0.6) is 0 Å². The Kier molecular flexibility index (Phi) is 2.84. The fraction of sp³-hybridized carbons (Fsp3) is 0.600. The summed E-state index contributed by atoms with van der Waals surface area (Å²) in [7, 11) is -2.94. The standard InChI is InChI=1S/C10H14N2O3S/c1-8(13)9-5-11-12(6-9)10-3-2-4-16(14,15)7-10/h5-6,10H,2-4,7H2,1H3. The summed E-state index contributed by atoms with van der Waals surface area (Å²) in [6.07, 6.45) is 4.60. The van der Waals surface area contributed by atoms with Gasteiger partial charge < -0.3 is 0 Å². The van der Waals surface area contributed by atoms with Gasteiger partial charge in [0.25, 0.3) is 0 Å². The maximum atomic E-state index is 11.5. The van der Waals surface area contributed by atoms with Crippen LogP contribution in [0.25, 0.3) is 0 Å². The number of Topliss-reactive ketones (excluding diaryl/α,β-unsaturated/α-hetero) is 1. The molecule has 1 aliphatic rings. The maximum Gasteiger partial charge on any atom is 0.162 e. The van der Waals surface area contributed by atoms with E-state index >= 15 is 0 Å². The zero-order valence-electron chi connectivity index (χ0n) is 9.09. The Morgan fingerprint density at radius 2 is 2.31 bits per heavy atom. The van der Waals surface area contributed by atoms with Crippen molar-refractivity contribution in [3.8, 4) is 0 Å². The Morgan fingerprint density at radius 1 is 1.56 bits per heavy atom. The topological polar surface area (TPSA) is 69.0 Å². The number of aromatic nitrogens is 2. The molecule has 1 saturated heterocycles. The molecular weight excluding hydrogens is 228 g/mol. The van der Waals surface area contributed by atoms with Gasteiger partial charge in [-0.15, -0.1) is 0 Å². The van der Waals surface area contributed by atoms with Gasteiger partial charge in [0, 0.05) is 6.20 Å². The molecular formula is C10H14N2O3S. The van der Waals surface area contributed by atoms with Gasteiger partial charge in [-0.05, 0) is 19.8 Å². The maximum absolute atomic E-state index is 11.5. The first-order valence-electron chi connectivity index (χ1n) is 5.23. The largest absolute Gasteiger partial charge is 0.294 e. The molecule has 0 radical (unpaired) electrons. The van der Waals surface area contributed by atoms with Crippen molar-refractivity contribution in [1.29, 1.82) is 0 Å². The Morgan fingerprint density at radius 3 is 2.88 bits per heavy atom. The van der Waals surface area contributed by atoms with Crippen LogP contribution in [0.1, 0.15) is 36.2 Å². The van der Waals surface area contributed by atoms with E-state index in [0.717, 1.165) is 6.42 Å². The lowest BCUT2D eigenvalue weighted by Gasteiger charge is -2.22. The van der Waals surface area contributed by atoms with E-state index in [4.69, 9.17) is 0 Å². The van der Waals surface area contributed by atoms with Crippen molar-refractivity contribution in [2.45, 2.75) is 25.8 Å². The van der Waals surface area contributed by atoms with Crippen LogP contribution in [-0.4, -0.2) is 35.5 Å². The average Bonchev–Trinajstić information content (AvgIpc) is 2.64. The fourth-order valence-corrected chi connectivity index (χ4v) is 3.61. The first kappa shape index (κ1) is 11.3. The van der Waals surface area contributed by atoms with Gasteiger partial charge in [-0.1, -0.05) is 0 Å². The summed E-state index contributed by atoms with van der Waals surface area (Å²) in [6, 6.07) is -0.119. The predicted molar refractivity (Wildman–Crippen MR) is 59.2 cm³/mol. The quantitative estimate of drug-likeness (QED) is 0.720. The molecule has 1 aliphatic heterocycles. The zero-order valence-corrected chi connectivity index (χ0v) is 9.90. The van der Waals surface area contributed by atoms with E-state index in [0.29, 0.717) is 12.0 Å². The van der Waals surface area contributed by atoms with E-state index in [-0.39, 0.29) is 23.3 Å². The van der Waals surface area contributed by atoms with Crippen LogP contribution in [0.4, 0.5) is 0 Å². The number of sulfone groups is 1. The molecule has 0 amide bonds. The number of carbonyl (C=O) groups excluding carboxylic acids is 1. The average molecular weight is 242 g/mol. The number of hydrogen-bond acceptors (Lipinski definition) is 4. The van der Waals surface area contributed by atoms with Crippen LogP contribution in [0, 0.1) is 0 Å². The van der Waals surface area contributed by atoms with Crippen molar-refractivity contribution in [3.63, 3.8) is 0 Å². The lowest BCUT2D eigenvalue weighted by Crippen LogP contribution is -2.27. The number of nitrogens with zero attached hydrogens (tertiary/aromatic N) is 2. The van der Waals surface area contributed by atoms with E-state index < -0.39 is 9.84 Å². The lowest BCUT2D eigenvalue weighted by molar-refractivity contribution is 0.101. The summed E-state index contributed by atoms with van der Waals surface area (Å²) in [5.74, 6) is 0.348. The molecule has 0 aromatic carbocycles. The molecule has 88 valence electrons. The molecule has 1 atom stereocenters. The molecule has 0 saturated carbocycles. The molecule has 1 aromatic heterocycles. The van der Waals surface area contributed by atoms with E-state index in [2.05, 4.69) is 5.10 Å². The van der Waals surface area contributed by atoms with Crippen molar-refractivity contribution in [1.82, 2.24) is 9.78 Å². The second kappa shape index (κ2) is 4.01. The van der Waals surface area contributed by atoms with E-state index in [1.54, 1.807) is 10.9 Å². The second-order valence-electron chi connectivity index (χ2n) is 4.18. The summed E-state index contributed by atoms with van der Waals surface area (Å²) in [6.45, 7) is 1.47. The zero-order chi connectivity index (χ0) is 11.8. The first-order chi connectivity index (χ1) is 7.48. The number of rotatable bonds is 2. The van der Waals surface area contributed by atoms with Crippen molar-refractivity contribution >= 4 is 15.6 Å². The van der Waals surface area contributed by atoms with Crippen molar-refractivity contribution in [2.24, 2.45) is 0 Å². The van der Waals surface area contributed by atoms with Crippen molar-refractivity contribution < 1.29 is 13.2 Å². The van der Waals surface area contributed by atoms with Crippen LogP contribution in [0.15, 0.2) is 12.4 Å². The molecule has 5 nitrogen and oxygen atoms in total. The molecule has 2 heterocycles. The normalized spacial score (nSPS) is 24.2. The van der Waals surface area contributed by atoms with E-state index in [1.807, 2.05) is 0 Å². The SMILES string of the molecule is CC(=O)c1cnn(C2CCCS(=O)(=O)C2)c1. The second-order valence-corrected chi connectivity index (χ2v) is 6.40. The van der Waals surface area contributed by atoms with Crippen LogP contribution in [0.3, 0.4) is 0 Å². The number of ketones is 1. The van der Waals surface area contributed by atoms with Crippen molar-refractivity contribution in [3.05, 3.63) is 18.0 Å². The molecule has 2 rings (SSSR count). The molecule has 0 spiro atoms. The third-order valence-electron chi connectivity index (χ3n) is 2.82. The molecule has 0 bridgehead atoms. The predicted octanol–water partition coefficient (Wildman–Crippen LogP) is 0.835. The smallest absolute Gasteiger partial charge is 0.162 e. The highest BCUT2D eigenvalue weighted by molar-refractivity contribution is 7.91. The Bertz CT molecular complexity index is 504. The van der Waals surface area contributed by atoms with Gasteiger partial charge in [-0.3, -0.25) is 9.48 Å². The third kappa shape index (κ3) is 2.32. The summed E-state index contributed by atoms with van der Waals surface area (Å²) >= 11 is 0. The van der Waals surface area contributed by atoms with Crippen molar-refractivity contribution in [2.75, 3.05) is 11.5 Å². The van der Waals surface area contributed by atoms with Gasteiger partial charge in [0.15, 0.2) is 15.6 Å². The van der Waals surface area contributed by atoms with Gasteiger partial charge in [0.2, 0.25) is 0 Å². The Labute approximate surface area is 94.4 Å². The highest BCUT2D eigenvalue weighted by Crippen LogP contribution is 2.22.